The average Bonchev–Trinajstić information content (AvgIpc) is 3.27. The molecule has 34 heavy (non-hydrogen) atoms. The molecular formula is C20H33N7O6S. The van der Waals surface area contributed by atoms with Crippen LogP contribution in [0.3, 0.4) is 0 Å². The van der Waals surface area contributed by atoms with E-state index in [0.717, 1.165) is 0 Å². The number of amides is 4. The number of carboxylic acid groups (broad SMARTS) is 1. The Morgan fingerprint density at radius 1 is 1.06 bits per heavy atom. The molecule has 4 atom stereocenters. The number of nitrogens with one attached hydrogen (secondary N) is 4. The second kappa shape index (κ2) is 14.2. The molecular weight excluding hydrogens is 466 g/mol. The summed E-state index contributed by atoms with van der Waals surface area (Å²) in [4.78, 5) is 67.6. The Kier molecular flexibility index (Phi) is 12.1. The molecule has 1 heterocycles. The number of H-pyrrole nitrogens is 1. The number of nitrogens with zero attached hydrogens (tertiary/aromatic N) is 1. The minimum Gasteiger partial charge on any atom is -0.480 e. The third-order valence-electron chi connectivity index (χ3n) is 4.90. The number of carbonyl (C=O) groups is 5. The first-order chi connectivity index (χ1) is 16.0. The van der Waals surface area contributed by atoms with Gasteiger partial charge < -0.3 is 37.5 Å². The fourth-order valence-electron chi connectivity index (χ4n) is 2.85. The monoisotopic (exact) mass is 499 g/mol. The molecule has 9 N–H and O–H groups in total. The van der Waals surface area contributed by atoms with Crippen LogP contribution in [0.1, 0.15) is 32.4 Å². The summed E-state index contributed by atoms with van der Waals surface area (Å²) in [6, 6.07) is -4.58. The van der Waals surface area contributed by atoms with Crippen LogP contribution in [0, 0.1) is 5.92 Å². The van der Waals surface area contributed by atoms with Gasteiger partial charge in [0.15, 0.2) is 0 Å². The van der Waals surface area contributed by atoms with Crippen molar-refractivity contribution in [3.05, 3.63) is 18.2 Å². The third kappa shape index (κ3) is 9.79. The molecule has 13 nitrogen and oxygen atoms in total. The third-order valence-corrected chi connectivity index (χ3v) is 5.54. The van der Waals surface area contributed by atoms with Gasteiger partial charge in [0.25, 0.3) is 0 Å². The molecule has 190 valence electrons. The zero-order valence-electron chi connectivity index (χ0n) is 19.4. The van der Waals surface area contributed by atoms with Crippen LogP contribution in [0.5, 0.6) is 0 Å². The van der Waals surface area contributed by atoms with E-state index >= 15 is 0 Å². The van der Waals surface area contributed by atoms with Crippen molar-refractivity contribution in [2.45, 2.75) is 57.3 Å². The predicted molar refractivity (Wildman–Crippen MR) is 125 cm³/mol. The van der Waals surface area contributed by atoms with Crippen LogP contribution in [-0.4, -0.2) is 80.8 Å². The van der Waals surface area contributed by atoms with Gasteiger partial charge in [0, 0.05) is 18.3 Å². The lowest BCUT2D eigenvalue weighted by Gasteiger charge is -2.25. The Morgan fingerprint density at radius 2 is 1.65 bits per heavy atom. The molecule has 4 unspecified atom stereocenters. The highest BCUT2D eigenvalue weighted by Crippen LogP contribution is 2.07. The molecule has 1 aromatic heterocycles. The summed E-state index contributed by atoms with van der Waals surface area (Å²) in [6.07, 6.45) is 4.28. The van der Waals surface area contributed by atoms with Gasteiger partial charge in [-0.05, 0) is 24.3 Å². The van der Waals surface area contributed by atoms with Gasteiger partial charge in [-0.15, -0.1) is 0 Å². The maximum atomic E-state index is 13.0. The first-order valence-electron chi connectivity index (χ1n) is 10.6. The first-order valence-corrected chi connectivity index (χ1v) is 12.0. The van der Waals surface area contributed by atoms with Crippen molar-refractivity contribution in [1.29, 1.82) is 0 Å². The molecule has 1 rings (SSSR count). The molecule has 0 aromatic carbocycles. The van der Waals surface area contributed by atoms with E-state index in [4.69, 9.17) is 11.5 Å². The zero-order valence-corrected chi connectivity index (χ0v) is 20.2. The number of rotatable bonds is 15. The molecule has 0 fully saturated rings. The van der Waals surface area contributed by atoms with Crippen molar-refractivity contribution in [3.8, 4) is 0 Å². The van der Waals surface area contributed by atoms with Gasteiger partial charge in [-0.2, -0.15) is 11.8 Å². The highest BCUT2D eigenvalue weighted by atomic mass is 32.2. The van der Waals surface area contributed by atoms with Crippen molar-refractivity contribution in [1.82, 2.24) is 25.9 Å². The maximum Gasteiger partial charge on any atom is 0.326 e. The Morgan fingerprint density at radius 3 is 2.15 bits per heavy atom. The molecule has 0 radical (unpaired) electrons. The van der Waals surface area contributed by atoms with E-state index in [0.29, 0.717) is 11.4 Å². The van der Waals surface area contributed by atoms with Gasteiger partial charge in [-0.25, -0.2) is 9.78 Å². The number of aromatic amines is 1. The number of hydrogen-bond acceptors (Lipinski definition) is 8. The Balaban J connectivity index is 3.06. The Bertz CT molecular complexity index is 848. The van der Waals surface area contributed by atoms with Crippen LogP contribution < -0.4 is 27.4 Å². The lowest BCUT2D eigenvalue weighted by Crippen LogP contribution is -2.58. The molecule has 14 heteroatoms. The number of primary amides is 1. The van der Waals surface area contributed by atoms with Gasteiger partial charge in [-0.3, -0.25) is 19.2 Å². The molecule has 0 saturated carbocycles. The van der Waals surface area contributed by atoms with Gasteiger partial charge in [0.1, 0.15) is 18.1 Å². The van der Waals surface area contributed by atoms with Crippen LogP contribution in [0.25, 0.3) is 0 Å². The molecule has 0 spiro atoms. The van der Waals surface area contributed by atoms with Gasteiger partial charge >= 0.3 is 5.97 Å². The van der Waals surface area contributed by atoms with Crippen molar-refractivity contribution < 1.29 is 29.1 Å². The second-order valence-electron chi connectivity index (χ2n) is 8.02. The number of nitrogens with two attached hydrogens (primary N) is 2. The van der Waals surface area contributed by atoms with Crippen molar-refractivity contribution in [2.75, 3.05) is 12.0 Å². The molecule has 1 aromatic rings. The summed E-state index contributed by atoms with van der Waals surface area (Å²) in [7, 11) is 0. The smallest absolute Gasteiger partial charge is 0.326 e. The molecule has 0 saturated heterocycles. The summed E-state index contributed by atoms with van der Waals surface area (Å²) in [6.45, 7) is 3.55. The first kappa shape index (κ1) is 28.9. The Hall–Kier alpha value is -3.13. The SMILES string of the molecule is CSCCC(NC(=O)C(N)C(C)C)C(=O)NC(Cc1cnc[nH]1)C(=O)NC(CC(N)=O)C(=O)O. The number of thioether (sulfide) groups is 1. The highest BCUT2D eigenvalue weighted by Gasteiger charge is 2.31. The zero-order chi connectivity index (χ0) is 25.8. The molecule has 0 bridgehead atoms. The van der Waals surface area contributed by atoms with E-state index in [1.807, 2.05) is 6.26 Å². The summed E-state index contributed by atoms with van der Waals surface area (Å²) in [5.41, 5.74) is 11.4. The molecule has 4 amide bonds. The number of hydrogen-bond donors (Lipinski definition) is 7. The minimum absolute atomic E-state index is 0.0464. The second-order valence-corrected chi connectivity index (χ2v) is 9.01. The topological polar surface area (TPSA) is 222 Å². The van der Waals surface area contributed by atoms with Crippen LogP contribution in [0.2, 0.25) is 0 Å². The lowest BCUT2D eigenvalue weighted by molar-refractivity contribution is -0.143. The summed E-state index contributed by atoms with van der Waals surface area (Å²) in [5.74, 6) is -3.95. The van der Waals surface area contributed by atoms with Crippen LogP contribution in [0.15, 0.2) is 12.5 Å². The van der Waals surface area contributed by atoms with E-state index in [2.05, 4.69) is 25.9 Å². The predicted octanol–water partition coefficient (Wildman–Crippen LogP) is -1.90. The van der Waals surface area contributed by atoms with E-state index in [-0.39, 0.29) is 18.8 Å². The van der Waals surface area contributed by atoms with Gasteiger partial charge in [0.2, 0.25) is 23.6 Å². The molecule has 0 aliphatic heterocycles. The van der Waals surface area contributed by atoms with E-state index in [1.54, 1.807) is 13.8 Å². The number of carboxylic acids is 1. The highest BCUT2D eigenvalue weighted by molar-refractivity contribution is 7.98. The molecule has 0 aliphatic rings. The number of aromatic nitrogens is 2. The van der Waals surface area contributed by atoms with Crippen molar-refractivity contribution in [2.24, 2.45) is 17.4 Å². The minimum atomic E-state index is -1.57. The summed E-state index contributed by atoms with van der Waals surface area (Å²) >= 11 is 1.47. The fourth-order valence-corrected chi connectivity index (χ4v) is 3.32. The number of carbonyl (C=O) groups excluding carboxylic acids is 4. The normalized spacial score (nSPS) is 14.5. The molecule has 0 aliphatic carbocycles. The Labute approximate surface area is 201 Å². The standard InChI is InChI=1S/C20H33N7O6S/c1-10(2)16(22)19(31)25-12(4-5-34-3)17(29)26-13(6-11-8-23-9-24-11)18(30)27-14(20(32)33)7-15(21)28/h8-10,12-14,16H,4-7,22H2,1-3H3,(H2,21,28)(H,23,24)(H,25,31)(H,26,29)(H,27,30)(H,32,33). The fraction of sp³-hybridized carbons (Fsp3) is 0.600. The van der Waals surface area contributed by atoms with Gasteiger partial charge in [0.05, 0.1) is 18.8 Å². The average molecular weight is 500 g/mol. The van der Waals surface area contributed by atoms with Crippen molar-refractivity contribution >= 4 is 41.4 Å². The van der Waals surface area contributed by atoms with Crippen molar-refractivity contribution in [3.63, 3.8) is 0 Å². The van der Waals surface area contributed by atoms with Crippen LogP contribution in [0.4, 0.5) is 0 Å². The van der Waals surface area contributed by atoms with E-state index in [1.165, 1.54) is 24.3 Å². The summed E-state index contributed by atoms with van der Waals surface area (Å²) in [5, 5.41) is 16.7. The van der Waals surface area contributed by atoms with Crippen LogP contribution in [-0.2, 0) is 30.4 Å². The largest absolute Gasteiger partial charge is 0.480 e. The lowest BCUT2D eigenvalue weighted by atomic mass is 10.0. The van der Waals surface area contributed by atoms with Gasteiger partial charge in [-0.1, -0.05) is 13.8 Å². The van der Waals surface area contributed by atoms with Crippen LogP contribution >= 0.6 is 11.8 Å². The van der Waals surface area contributed by atoms with E-state index < -0.39 is 60.2 Å². The number of imidazole rings is 1. The number of aliphatic carboxylic acids is 1. The quantitative estimate of drug-likeness (QED) is 0.143. The summed E-state index contributed by atoms with van der Waals surface area (Å²) < 4.78 is 0. The maximum absolute atomic E-state index is 13.0. The van der Waals surface area contributed by atoms with E-state index in [9.17, 15) is 29.1 Å².